The lowest BCUT2D eigenvalue weighted by atomic mass is 9.49. The maximum Gasteiger partial charge on any atom is 0.234 e. The summed E-state index contributed by atoms with van der Waals surface area (Å²) in [5.41, 5.74) is 1.03. The zero-order valence-corrected chi connectivity index (χ0v) is 19.6. The Hall–Kier alpha value is -2.26. The van der Waals surface area contributed by atoms with Gasteiger partial charge in [-0.2, -0.15) is 0 Å². The molecule has 0 radical (unpaired) electrons. The number of hydrogen-bond donors (Lipinski definition) is 2. The molecule has 0 saturated heterocycles. The lowest BCUT2D eigenvalue weighted by Gasteiger charge is -2.55. The maximum absolute atomic E-state index is 13.1. The molecule has 1 aromatic carbocycles. The first-order chi connectivity index (χ1) is 15.4. The number of benzene rings is 1. The molecule has 0 unspecified atom stereocenters. The fourth-order valence-electron chi connectivity index (χ4n) is 6.05. The summed E-state index contributed by atoms with van der Waals surface area (Å²) >= 11 is 2.60. The van der Waals surface area contributed by atoms with Crippen LogP contribution in [0.2, 0.25) is 0 Å². The van der Waals surface area contributed by atoms with Crippen LogP contribution < -0.4 is 10.6 Å². The number of amides is 2. The van der Waals surface area contributed by atoms with Gasteiger partial charge in [0.05, 0.1) is 11.2 Å². The smallest absolute Gasteiger partial charge is 0.234 e. The van der Waals surface area contributed by atoms with Crippen LogP contribution >= 0.6 is 23.1 Å². The van der Waals surface area contributed by atoms with Crippen molar-refractivity contribution in [1.29, 1.82) is 0 Å². The number of nitrogens with one attached hydrogen (secondary N) is 2. The Morgan fingerprint density at radius 1 is 1.00 bits per heavy atom. The minimum absolute atomic E-state index is 0.0132. The Morgan fingerprint density at radius 3 is 2.22 bits per heavy atom. The molecule has 4 aliphatic rings. The molecule has 32 heavy (non-hydrogen) atoms. The molecule has 0 atom stereocenters. The topological polar surface area (TPSA) is 101 Å². The van der Waals surface area contributed by atoms with Gasteiger partial charge in [0.2, 0.25) is 16.9 Å². The number of anilines is 2. The molecular weight excluding hydrogens is 444 g/mol. The summed E-state index contributed by atoms with van der Waals surface area (Å²) in [7, 11) is 0. The minimum atomic E-state index is -0.217. The molecule has 2 aromatic rings. The van der Waals surface area contributed by atoms with Crippen LogP contribution in [0.4, 0.5) is 10.8 Å². The number of carbonyl (C=O) groups excluding carboxylic acids is 3. The van der Waals surface area contributed by atoms with Crippen LogP contribution in [-0.4, -0.2) is 33.5 Å². The van der Waals surface area contributed by atoms with Crippen molar-refractivity contribution in [2.24, 2.45) is 23.2 Å². The summed E-state index contributed by atoms with van der Waals surface area (Å²) < 4.78 is 0.646. The van der Waals surface area contributed by atoms with E-state index in [9.17, 15) is 14.4 Å². The second-order valence-electron chi connectivity index (χ2n) is 9.50. The first-order valence-corrected chi connectivity index (χ1v) is 12.9. The highest BCUT2D eigenvalue weighted by atomic mass is 32.2. The van der Waals surface area contributed by atoms with E-state index in [0.29, 0.717) is 38.5 Å². The van der Waals surface area contributed by atoms with Gasteiger partial charge in [-0.1, -0.05) is 23.1 Å². The molecule has 0 spiro atoms. The largest absolute Gasteiger partial charge is 0.325 e. The van der Waals surface area contributed by atoms with E-state index in [-0.39, 0.29) is 28.8 Å². The van der Waals surface area contributed by atoms with Crippen LogP contribution in [0.5, 0.6) is 0 Å². The lowest BCUT2D eigenvalue weighted by molar-refractivity contribution is -0.140. The molecule has 1 heterocycles. The molecule has 4 saturated carbocycles. The molecule has 6 rings (SSSR count). The van der Waals surface area contributed by atoms with Crippen molar-refractivity contribution >= 4 is 51.5 Å². The van der Waals surface area contributed by atoms with Crippen molar-refractivity contribution in [2.45, 2.75) is 49.8 Å². The number of carbonyl (C=O) groups is 3. The predicted octanol–water partition coefficient (Wildman–Crippen LogP) is 4.63. The van der Waals surface area contributed by atoms with Gasteiger partial charge in [-0.3, -0.25) is 14.4 Å². The van der Waals surface area contributed by atoms with E-state index in [0.717, 1.165) is 19.3 Å². The number of nitrogens with zero attached hydrogens (tertiary/aromatic N) is 2. The average Bonchev–Trinajstić information content (AvgIpc) is 3.19. The molecule has 9 heteroatoms. The van der Waals surface area contributed by atoms with Crippen molar-refractivity contribution < 1.29 is 14.4 Å². The van der Waals surface area contributed by atoms with Crippen molar-refractivity contribution in [1.82, 2.24) is 10.2 Å². The Kier molecular flexibility index (Phi) is 5.79. The molecule has 2 N–H and O–H groups in total. The fourth-order valence-corrected chi connectivity index (χ4v) is 7.60. The molecule has 0 aliphatic heterocycles. The third-order valence-corrected chi connectivity index (χ3v) is 9.02. The standard InChI is InChI=1S/C23H26N4O3S2/c1-13(28)17-2-4-18(5-3-17)24-19(29)12-31-22-27-26-21(32-22)25-20(30)23-9-14-6-15(10-23)8-16(7-14)11-23/h2-5,14-16H,6-12H2,1H3,(H,24,29)(H,25,26,30). The molecular formula is C23H26N4O3S2. The first-order valence-electron chi connectivity index (χ1n) is 11.1. The number of hydrogen-bond acceptors (Lipinski definition) is 7. The number of aromatic nitrogens is 2. The molecule has 2 amide bonds. The zero-order valence-electron chi connectivity index (χ0n) is 17.9. The third kappa shape index (κ3) is 4.45. The normalized spacial score (nSPS) is 27.8. The fraction of sp³-hybridized carbons (Fsp3) is 0.522. The van der Waals surface area contributed by atoms with E-state index < -0.39 is 0 Å². The summed E-state index contributed by atoms with van der Waals surface area (Å²) in [6, 6.07) is 6.80. The minimum Gasteiger partial charge on any atom is -0.325 e. The Morgan fingerprint density at radius 2 is 1.62 bits per heavy atom. The van der Waals surface area contributed by atoms with E-state index >= 15 is 0 Å². The monoisotopic (exact) mass is 470 g/mol. The quantitative estimate of drug-likeness (QED) is 0.348. The van der Waals surface area contributed by atoms with Crippen molar-refractivity contribution in [2.75, 3.05) is 16.4 Å². The summed E-state index contributed by atoms with van der Waals surface area (Å²) in [5.74, 6) is 2.25. The SMILES string of the molecule is CC(=O)c1ccc(NC(=O)CSc2nnc(NC(=O)C34CC5CC(CC(C5)C3)C4)s2)cc1. The van der Waals surface area contributed by atoms with E-state index in [1.807, 2.05) is 0 Å². The molecule has 168 valence electrons. The Labute approximate surface area is 195 Å². The molecule has 4 bridgehead atoms. The van der Waals surface area contributed by atoms with Crippen LogP contribution in [0.1, 0.15) is 55.8 Å². The predicted molar refractivity (Wildman–Crippen MR) is 125 cm³/mol. The van der Waals surface area contributed by atoms with E-state index in [1.165, 1.54) is 49.3 Å². The van der Waals surface area contributed by atoms with Gasteiger partial charge in [0.15, 0.2) is 10.1 Å². The average molecular weight is 471 g/mol. The van der Waals surface area contributed by atoms with Gasteiger partial charge in [-0.25, -0.2) is 0 Å². The molecule has 4 fully saturated rings. The highest BCUT2D eigenvalue weighted by Crippen LogP contribution is 2.60. The first kappa shape index (κ1) is 21.6. The summed E-state index contributed by atoms with van der Waals surface area (Å²) in [6.45, 7) is 1.51. The van der Waals surface area contributed by atoms with Gasteiger partial charge in [-0.15, -0.1) is 10.2 Å². The van der Waals surface area contributed by atoms with Crippen LogP contribution in [0, 0.1) is 23.2 Å². The van der Waals surface area contributed by atoms with Gasteiger partial charge in [0, 0.05) is 11.3 Å². The van der Waals surface area contributed by atoms with E-state index in [1.54, 1.807) is 24.3 Å². The lowest BCUT2D eigenvalue weighted by Crippen LogP contribution is -2.51. The highest BCUT2D eigenvalue weighted by molar-refractivity contribution is 8.01. The van der Waals surface area contributed by atoms with Crippen LogP contribution in [0.3, 0.4) is 0 Å². The summed E-state index contributed by atoms with van der Waals surface area (Å²) in [5, 5.41) is 14.6. The molecule has 1 aromatic heterocycles. The second kappa shape index (κ2) is 8.59. The molecule has 7 nitrogen and oxygen atoms in total. The molecule has 4 aliphatic carbocycles. The third-order valence-electron chi connectivity index (χ3n) is 7.05. The van der Waals surface area contributed by atoms with E-state index in [4.69, 9.17) is 0 Å². The van der Waals surface area contributed by atoms with Gasteiger partial charge in [0.25, 0.3) is 0 Å². The van der Waals surface area contributed by atoms with Gasteiger partial charge >= 0.3 is 0 Å². The van der Waals surface area contributed by atoms with Crippen LogP contribution in [-0.2, 0) is 9.59 Å². The maximum atomic E-state index is 13.1. The van der Waals surface area contributed by atoms with Gasteiger partial charge in [0.1, 0.15) is 0 Å². The Balaban J connectivity index is 1.13. The van der Waals surface area contributed by atoms with Gasteiger partial charge in [-0.05, 0) is 87.5 Å². The highest BCUT2D eigenvalue weighted by Gasteiger charge is 2.54. The second-order valence-corrected chi connectivity index (χ2v) is 11.7. The summed E-state index contributed by atoms with van der Waals surface area (Å²) in [6.07, 6.45) is 6.94. The van der Waals surface area contributed by atoms with E-state index in [2.05, 4.69) is 20.8 Å². The zero-order chi connectivity index (χ0) is 22.3. The number of rotatable bonds is 7. The summed E-state index contributed by atoms with van der Waals surface area (Å²) in [4.78, 5) is 36.7. The van der Waals surface area contributed by atoms with Gasteiger partial charge < -0.3 is 10.6 Å². The van der Waals surface area contributed by atoms with Crippen LogP contribution in [0.15, 0.2) is 28.6 Å². The van der Waals surface area contributed by atoms with Crippen molar-refractivity contribution in [3.63, 3.8) is 0 Å². The number of Topliss-reactive ketones (excluding diaryl/α,β-unsaturated/α-hetero) is 1. The number of thioether (sulfide) groups is 1. The number of ketones is 1. The van der Waals surface area contributed by atoms with Crippen molar-refractivity contribution in [3.05, 3.63) is 29.8 Å². The van der Waals surface area contributed by atoms with Crippen molar-refractivity contribution in [3.8, 4) is 0 Å². The Bertz CT molecular complexity index is 1010. The van der Waals surface area contributed by atoms with Crippen LogP contribution in [0.25, 0.3) is 0 Å².